The second-order valence-electron chi connectivity index (χ2n) is 3.51. The molecule has 6 heteroatoms. The van der Waals surface area contributed by atoms with Gasteiger partial charge in [-0.05, 0) is 6.92 Å². The van der Waals surface area contributed by atoms with Crippen LogP contribution in [-0.4, -0.2) is 57.2 Å². The van der Waals surface area contributed by atoms with Crippen molar-refractivity contribution in [2.75, 3.05) is 6.61 Å². The number of aliphatic hydroxyl groups is 4. The van der Waals surface area contributed by atoms with Gasteiger partial charge in [-0.15, -0.1) is 0 Å². The van der Waals surface area contributed by atoms with Crippen LogP contribution in [0.3, 0.4) is 0 Å². The first kappa shape index (κ1) is 10.8. The van der Waals surface area contributed by atoms with Crippen LogP contribution in [0.5, 0.6) is 0 Å². The maximum atomic E-state index is 9.45. The van der Waals surface area contributed by atoms with Crippen molar-refractivity contribution in [3.8, 4) is 0 Å². The molecule has 1 aliphatic heterocycles. The Kier molecular flexibility index (Phi) is 2.91. The van der Waals surface area contributed by atoms with Crippen molar-refractivity contribution >= 4 is 0 Å². The van der Waals surface area contributed by atoms with Crippen molar-refractivity contribution in [1.29, 1.82) is 0 Å². The van der Waals surface area contributed by atoms with Gasteiger partial charge in [0.2, 0.25) is 0 Å². The fraction of sp³-hybridized carbons (Fsp3) is 1.00. The summed E-state index contributed by atoms with van der Waals surface area (Å²) >= 11 is 0. The predicted octanol–water partition coefficient (Wildman–Crippen LogP) is -2.86. The molecule has 0 aromatic rings. The monoisotopic (exact) mass is 193 g/mol. The van der Waals surface area contributed by atoms with Gasteiger partial charge in [-0.1, -0.05) is 0 Å². The van der Waals surface area contributed by atoms with Gasteiger partial charge in [0.15, 0.2) is 6.29 Å². The van der Waals surface area contributed by atoms with E-state index in [-0.39, 0.29) is 0 Å². The highest BCUT2D eigenvalue weighted by Crippen LogP contribution is 2.25. The molecule has 1 heterocycles. The first-order chi connectivity index (χ1) is 5.91. The van der Waals surface area contributed by atoms with Crippen molar-refractivity contribution in [3.05, 3.63) is 0 Å². The Balaban J connectivity index is 2.79. The molecule has 0 unspecified atom stereocenters. The number of rotatable bonds is 1. The van der Waals surface area contributed by atoms with Gasteiger partial charge in [0.25, 0.3) is 0 Å². The lowest BCUT2D eigenvalue weighted by Gasteiger charge is -2.45. The molecular formula is C7H15NO5. The molecule has 0 spiro atoms. The second-order valence-corrected chi connectivity index (χ2v) is 3.51. The van der Waals surface area contributed by atoms with Crippen molar-refractivity contribution in [1.82, 2.24) is 0 Å². The standard InChI is InChI=1S/C7H15NO5/c1-7(8)5(11)4(10)3(2-9)13-6(7)12/h3-6,9-12H,2,8H2,1H3/t3-,4-,5+,6-,7-/m1/s1. The Hall–Kier alpha value is -0.240. The Morgan fingerprint density at radius 3 is 2.38 bits per heavy atom. The summed E-state index contributed by atoms with van der Waals surface area (Å²) in [5.74, 6) is 0. The Morgan fingerprint density at radius 1 is 1.38 bits per heavy atom. The first-order valence-electron chi connectivity index (χ1n) is 4.00. The van der Waals surface area contributed by atoms with E-state index in [1.807, 2.05) is 0 Å². The molecular weight excluding hydrogens is 178 g/mol. The van der Waals surface area contributed by atoms with E-state index < -0.39 is 36.7 Å². The maximum absolute atomic E-state index is 9.45. The first-order valence-corrected chi connectivity index (χ1v) is 4.00. The van der Waals surface area contributed by atoms with Gasteiger partial charge < -0.3 is 30.9 Å². The lowest BCUT2D eigenvalue weighted by molar-refractivity contribution is -0.273. The van der Waals surface area contributed by atoms with E-state index in [4.69, 9.17) is 15.6 Å². The van der Waals surface area contributed by atoms with Gasteiger partial charge >= 0.3 is 0 Å². The molecule has 1 aliphatic rings. The molecule has 1 saturated heterocycles. The third-order valence-electron chi connectivity index (χ3n) is 2.36. The molecule has 0 aliphatic carbocycles. The van der Waals surface area contributed by atoms with Gasteiger partial charge in [0, 0.05) is 0 Å². The third kappa shape index (κ3) is 1.69. The van der Waals surface area contributed by atoms with Crippen LogP contribution in [0.2, 0.25) is 0 Å². The molecule has 0 bridgehead atoms. The summed E-state index contributed by atoms with van der Waals surface area (Å²) in [4.78, 5) is 0. The third-order valence-corrected chi connectivity index (χ3v) is 2.36. The fourth-order valence-corrected chi connectivity index (χ4v) is 1.26. The molecule has 0 saturated carbocycles. The number of hydrogen-bond acceptors (Lipinski definition) is 6. The SMILES string of the molecule is C[C@]1(N)[C@H](O)O[C@H](CO)[C@@H](O)[C@@H]1O. The summed E-state index contributed by atoms with van der Waals surface area (Å²) in [5.41, 5.74) is 4.08. The molecule has 0 radical (unpaired) electrons. The zero-order valence-corrected chi connectivity index (χ0v) is 7.29. The number of aliphatic hydroxyl groups excluding tert-OH is 4. The van der Waals surface area contributed by atoms with Gasteiger partial charge in [-0.2, -0.15) is 0 Å². The molecule has 13 heavy (non-hydrogen) atoms. The van der Waals surface area contributed by atoms with Crippen LogP contribution in [-0.2, 0) is 4.74 Å². The molecule has 6 nitrogen and oxygen atoms in total. The highest BCUT2D eigenvalue weighted by molar-refractivity contribution is 5.00. The van der Waals surface area contributed by atoms with Crippen LogP contribution in [0.15, 0.2) is 0 Å². The molecule has 1 rings (SSSR count). The van der Waals surface area contributed by atoms with Gasteiger partial charge in [-0.25, -0.2) is 0 Å². The highest BCUT2D eigenvalue weighted by Gasteiger charge is 2.49. The number of nitrogens with two attached hydrogens (primary N) is 1. The molecule has 5 atom stereocenters. The van der Waals surface area contributed by atoms with Gasteiger partial charge in [0.05, 0.1) is 12.1 Å². The minimum atomic E-state index is -1.43. The zero-order chi connectivity index (χ0) is 10.2. The molecule has 0 aromatic carbocycles. The van der Waals surface area contributed by atoms with E-state index in [9.17, 15) is 15.3 Å². The summed E-state index contributed by atoms with van der Waals surface area (Å²) < 4.78 is 4.80. The predicted molar refractivity (Wildman–Crippen MR) is 42.6 cm³/mol. The Bertz CT molecular complexity index is 186. The maximum Gasteiger partial charge on any atom is 0.175 e. The lowest BCUT2D eigenvalue weighted by atomic mass is 9.86. The van der Waals surface area contributed by atoms with Crippen LogP contribution in [0, 0.1) is 0 Å². The summed E-state index contributed by atoms with van der Waals surface area (Å²) in [6, 6.07) is 0. The molecule has 0 amide bonds. The number of ether oxygens (including phenoxy) is 1. The summed E-state index contributed by atoms with van der Waals surface area (Å²) in [6.07, 6.45) is -5.01. The minimum absolute atomic E-state index is 0.481. The van der Waals surface area contributed by atoms with Crippen LogP contribution >= 0.6 is 0 Å². The van der Waals surface area contributed by atoms with E-state index >= 15 is 0 Å². The minimum Gasteiger partial charge on any atom is -0.394 e. The van der Waals surface area contributed by atoms with E-state index in [0.717, 1.165) is 0 Å². The van der Waals surface area contributed by atoms with Crippen LogP contribution < -0.4 is 5.73 Å². The van der Waals surface area contributed by atoms with Crippen molar-refractivity contribution in [2.24, 2.45) is 5.73 Å². The average Bonchev–Trinajstić information content (AvgIpc) is 2.09. The van der Waals surface area contributed by atoms with Crippen molar-refractivity contribution in [2.45, 2.75) is 37.1 Å². The van der Waals surface area contributed by atoms with E-state index in [1.54, 1.807) is 0 Å². The smallest absolute Gasteiger partial charge is 0.175 e. The van der Waals surface area contributed by atoms with Crippen LogP contribution in [0.4, 0.5) is 0 Å². The molecule has 0 aromatic heterocycles. The second kappa shape index (κ2) is 3.49. The van der Waals surface area contributed by atoms with Crippen LogP contribution in [0.25, 0.3) is 0 Å². The average molecular weight is 193 g/mol. The fourth-order valence-electron chi connectivity index (χ4n) is 1.26. The molecule has 6 N–H and O–H groups in total. The Labute approximate surface area is 75.6 Å². The Morgan fingerprint density at radius 2 is 1.92 bits per heavy atom. The quantitative estimate of drug-likeness (QED) is 0.306. The van der Waals surface area contributed by atoms with Gasteiger partial charge in [-0.3, -0.25) is 0 Å². The van der Waals surface area contributed by atoms with Crippen molar-refractivity contribution in [3.63, 3.8) is 0 Å². The normalized spacial score (nSPS) is 52.2. The highest BCUT2D eigenvalue weighted by atomic mass is 16.6. The largest absolute Gasteiger partial charge is 0.394 e. The van der Waals surface area contributed by atoms with Crippen LogP contribution in [0.1, 0.15) is 6.92 Å². The number of hydrogen-bond donors (Lipinski definition) is 5. The lowest BCUT2D eigenvalue weighted by Crippen LogP contribution is -2.69. The summed E-state index contributed by atoms with van der Waals surface area (Å²) in [7, 11) is 0. The van der Waals surface area contributed by atoms with Crippen molar-refractivity contribution < 1.29 is 25.2 Å². The summed E-state index contributed by atoms with van der Waals surface area (Å²) in [5, 5.41) is 36.8. The molecule has 78 valence electrons. The zero-order valence-electron chi connectivity index (χ0n) is 7.29. The topological polar surface area (TPSA) is 116 Å². The van der Waals surface area contributed by atoms with E-state index in [0.29, 0.717) is 0 Å². The van der Waals surface area contributed by atoms with Gasteiger partial charge in [0.1, 0.15) is 18.3 Å². The van der Waals surface area contributed by atoms with E-state index in [1.165, 1.54) is 6.92 Å². The summed E-state index contributed by atoms with van der Waals surface area (Å²) in [6.45, 7) is 0.879. The van der Waals surface area contributed by atoms with E-state index in [2.05, 4.69) is 0 Å². The molecule has 1 fully saturated rings.